The summed E-state index contributed by atoms with van der Waals surface area (Å²) < 4.78 is 27.4. The summed E-state index contributed by atoms with van der Waals surface area (Å²) in [5, 5.41) is 23.0. The molecule has 0 radical (unpaired) electrons. The van der Waals surface area contributed by atoms with Gasteiger partial charge in [-0.25, -0.2) is 9.37 Å². The van der Waals surface area contributed by atoms with E-state index in [9.17, 15) is 15.0 Å². The van der Waals surface area contributed by atoms with Crippen molar-refractivity contribution < 1.29 is 28.9 Å². The lowest BCUT2D eigenvalue weighted by Gasteiger charge is -2.40. The zero-order valence-corrected chi connectivity index (χ0v) is 18.6. The summed E-state index contributed by atoms with van der Waals surface area (Å²) in [5.41, 5.74) is 0.618. The first-order valence-corrected chi connectivity index (χ1v) is 10.2. The van der Waals surface area contributed by atoms with E-state index in [0.29, 0.717) is 29.8 Å². The molecule has 1 saturated heterocycles. The van der Waals surface area contributed by atoms with Crippen molar-refractivity contribution >= 4 is 16.9 Å². The second-order valence-electron chi connectivity index (χ2n) is 9.31. The predicted molar refractivity (Wildman–Crippen MR) is 117 cm³/mol. The zero-order chi connectivity index (χ0) is 23.4. The van der Waals surface area contributed by atoms with Crippen LogP contribution in [0, 0.1) is 5.82 Å². The minimum Gasteiger partial charge on any atom is -0.502 e. The van der Waals surface area contributed by atoms with E-state index in [1.807, 2.05) is 32.3 Å². The largest absolute Gasteiger partial charge is 0.502 e. The molecule has 0 bridgehead atoms. The normalized spacial score (nSPS) is 15.4. The number of benzene rings is 2. The van der Waals surface area contributed by atoms with Crippen molar-refractivity contribution in [3.05, 3.63) is 35.6 Å². The maximum atomic E-state index is 15.1. The van der Waals surface area contributed by atoms with E-state index in [1.165, 1.54) is 13.2 Å². The average molecular weight is 443 g/mol. The molecule has 1 amide bonds. The summed E-state index contributed by atoms with van der Waals surface area (Å²) in [6, 6.07) is 6.37. The third kappa shape index (κ3) is 3.52. The van der Waals surface area contributed by atoms with Crippen LogP contribution in [-0.2, 0) is 10.3 Å². The maximum absolute atomic E-state index is 15.1. The Labute approximate surface area is 184 Å². The molecule has 1 aliphatic rings. The molecular formula is C23H26FN3O5. The Balaban J connectivity index is 1.96. The van der Waals surface area contributed by atoms with Crippen LogP contribution in [-0.4, -0.2) is 51.5 Å². The molecule has 1 aliphatic heterocycles. The van der Waals surface area contributed by atoms with Gasteiger partial charge in [0.25, 0.3) is 5.91 Å². The molecule has 32 heavy (non-hydrogen) atoms. The summed E-state index contributed by atoms with van der Waals surface area (Å²) >= 11 is 0. The number of carbonyl (C=O) groups is 1. The van der Waals surface area contributed by atoms with Gasteiger partial charge in [0.2, 0.25) is 5.75 Å². The van der Waals surface area contributed by atoms with Gasteiger partial charge in [-0.2, -0.15) is 0 Å². The summed E-state index contributed by atoms with van der Waals surface area (Å²) in [5.74, 6) is -2.72. The minimum absolute atomic E-state index is 0.0397. The molecule has 1 aromatic heterocycles. The first-order valence-electron chi connectivity index (χ1n) is 10.2. The van der Waals surface area contributed by atoms with Gasteiger partial charge in [0.1, 0.15) is 5.82 Å². The van der Waals surface area contributed by atoms with Crippen LogP contribution in [0.3, 0.4) is 0 Å². The van der Waals surface area contributed by atoms with E-state index in [4.69, 9.17) is 9.47 Å². The zero-order valence-electron chi connectivity index (χ0n) is 18.6. The highest BCUT2D eigenvalue weighted by Crippen LogP contribution is 2.44. The van der Waals surface area contributed by atoms with Crippen LogP contribution in [0.1, 0.15) is 38.1 Å². The number of phenols is 2. The number of rotatable bonds is 4. The van der Waals surface area contributed by atoms with Crippen molar-refractivity contribution in [3.63, 3.8) is 0 Å². The van der Waals surface area contributed by atoms with Crippen LogP contribution in [0.2, 0.25) is 0 Å². The Kier molecular flexibility index (Phi) is 5.04. The van der Waals surface area contributed by atoms with Crippen LogP contribution in [0.15, 0.2) is 24.3 Å². The van der Waals surface area contributed by atoms with Crippen LogP contribution in [0.25, 0.3) is 22.4 Å². The van der Waals surface area contributed by atoms with Gasteiger partial charge >= 0.3 is 0 Å². The second kappa shape index (κ2) is 7.37. The van der Waals surface area contributed by atoms with E-state index in [-0.39, 0.29) is 23.0 Å². The number of hydrogen-bond acceptors (Lipinski definition) is 6. The van der Waals surface area contributed by atoms with Gasteiger partial charge in [-0.15, -0.1) is 0 Å². The van der Waals surface area contributed by atoms with Crippen LogP contribution in [0.5, 0.6) is 17.2 Å². The highest BCUT2D eigenvalue weighted by Gasteiger charge is 2.39. The van der Waals surface area contributed by atoms with Crippen LogP contribution < -0.4 is 10.1 Å². The maximum Gasteiger partial charge on any atom is 0.251 e. The van der Waals surface area contributed by atoms with Crippen molar-refractivity contribution in [2.24, 2.45) is 0 Å². The number of nitrogens with zero attached hydrogens (tertiary/aromatic N) is 2. The fourth-order valence-corrected chi connectivity index (χ4v) is 3.81. The number of phenolic OH excluding ortho intramolecular Hbond substituents is 2. The predicted octanol–water partition coefficient (Wildman–Crippen LogP) is 3.54. The average Bonchev–Trinajstić information content (AvgIpc) is 3.08. The molecule has 3 N–H and O–H groups in total. The van der Waals surface area contributed by atoms with Crippen LogP contribution >= 0.6 is 0 Å². The summed E-state index contributed by atoms with van der Waals surface area (Å²) in [6.45, 7) is 8.36. The summed E-state index contributed by atoms with van der Waals surface area (Å²) in [4.78, 5) is 17.3. The number of hydrogen-bond donors (Lipinski definition) is 3. The molecule has 4 rings (SSSR count). The molecule has 170 valence electrons. The van der Waals surface area contributed by atoms with Crippen molar-refractivity contribution in [2.45, 2.75) is 38.8 Å². The topological polar surface area (TPSA) is 106 Å². The Morgan fingerprint density at radius 2 is 1.94 bits per heavy atom. The number of fused-ring (bicyclic) bond motifs is 1. The standard InChI is InChI=1S/C23H26FN3O5/c1-22(2,3)26-21(30)12-6-7-14-15(8-12)27(23(4)10-32-11-23)20(25-14)13-9-16(31-5)18(28)19(29)17(13)24/h6-9,28-29H,10-11H2,1-5H3,(H,26,30). The monoisotopic (exact) mass is 443 g/mol. The van der Waals surface area contributed by atoms with Gasteiger partial charge in [-0.05, 0) is 52.0 Å². The molecule has 0 saturated carbocycles. The minimum atomic E-state index is -1.02. The Morgan fingerprint density at radius 3 is 2.50 bits per heavy atom. The molecule has 2 heterocycles. The number of carbonyl (C=O) groups excluding carboxylic acids is 1. The number of imidazole rings is 1. The van der Waals surface area contributed by atoms with Gasteiger partial charge < -0.3 is 29.6 Å². The van der Waals surface area contributed by atoms with Crippen LogP contribution in [0.4, 0.5) is 4.39 Å². The molecule has 8 nitrogen and oxygen atoms in total. The van der Waals surface area contributed by atoms with E-state index >= 15 is 4.39 Å². The Hall–Kier alpha value is -3.33. The van der Waals surface area contributed by atoms with E-state index in [1.54, 1.807) is 18.2 Å². The third-order valence-electron chi connectivity index (χ3n) is 5.41. The highest BCUT2D eigenvalue weighted by atomic mass is 19.1. The summed E-state index contributed by atoms with van der Waals surface area (Å²) in [6.07, 6.45) is 0. The molecule has 3 aromatic rings. The second-order valence-corrected chi connectivity index (χ2v) is 9.31. The fourth-order valence-electron chi connectivity index (χ4n) is 3.81. The molecular weight excluding hydrogens is 417 g/mol. The quantitative estimate of drug-likeness (QED) is 0.533. The first kappa shape index (κ1) is 21.9. The van der Waals surface area contributed by atoms with Gasteiger partial charge in [0.05, 0.1) is 42.5 Å². The number of nitrogens with one attached hydrogen (secondary N) is 1. The Morgan fingerprint density at radius 1 is 1.25 bits per heavy atom. The van der Waals surface area contributed by atoms with Crippen molar-refractivity contribution in [1.29, 1.82) is 0 Å². The number of methoxy groups -OCH3 is 1. The highest BCUT2D eigenvalue weighted by molar-refractivity contribution is 5.98. The number of aromatic nitrogens is 2. The molecule has 1 fully saturated rings. The van der Waals surface area contributed by atoms with Gasteiger partial charge in [-0.3, -0.25) is 4.79 Å². The number of aromatic hydroxyl groups is 2. The fraction of sp³-hybridized carbons (Fsp3) is 0.391. The van der Waals surface area contributed by atoms with Gasteiger partial charge in [0.15, 0.2) is 17.3 Å². The number of amides is 1. The molecule has 0 spiro atoms. The lowest BCUT2D eigenvalue weighted by molar-refractivity contribution is -0.0868. The third-order valence-corrected chi connectivity index (χ3v) is 5.41. The smallest absolute Gasteiger partial charge is 0.251 e. The molecule has 0 unspecified atom stereocenters. The van der Waals surface area contributed by atoms with Crippen molar-refractivity contribution in [3.8, 4) is 28.6 Å². The summed E-state index contributed by atoms with van der Waals surface area (Å²) in [7, 11) is 1.31. The molecule has 9 heteroatoms. The van der Waals surface area contributed by atoms with Gasteiger partial charge in [-0.1, -0.05) is 0 Å². The first-order chi connectivity index (χ1) is 14.9. The molecule has 2 aromatic carbocycles. The lowest BCUT2D eigenvalue weighted by atomic mass is 9.98. The van der Waals surface area contributed by atoms with Crippen molar-refractivity contribution in [2.75, 3.05) is 20.3 Å². The SMILES string of the molecule is COc1cc(-c2nc3ccc(C(=O)NC(C)(C)C)cc3n2C2(C)COC2)c(F)c(O)c1O. The number of ether oxygens (including phenoxy) is 2. The van der Waals surface area contributed by atoms with Crippen molar-refractivity contribution in [1.82, 2.24) is 14.9 Å². The molecule has 0 atom stereocenters. The lowest BCUT2D eigenvalue weighted by Crippen LogP contribution is -2.49. The van der Waals surface area contributed by atoms with Gasteiger partial charge in [0, 0.05) is 11.1 Å². The Bertz CT molecular complexity index is 1220. The van der Waals surface area contributed by atoms with E-state index < -0.39 is 28.4 Å². The molecule has 0 aliphatic carbocycles. The number of halogens is 1. The van der Waals surface area contributed by atoms with E-state index in [0.717, 1.165) is 0 Å². The van der Waals surface area contributed by atoms with E-state index in [2.05, 4.69) is 10.3 Å².